The molecule has 0 amide bonds. The van der Waals surface area contributed by atoms with Gasteiger partial charge in [0.1, 0.15) is 0 Å². The third-order valence-electron chi connectivity index (χ3n) is 2.45. The van der Waals surface area contributed by atoms with Gasteiger partial charge < -0.3 is 10.8 Å². The second kappa shape index (κ2) is 4.53. The molecule has 5 heteroatoms. The lowest BCUT2D eigenvalue weighted by Crippen LogP contribution is -2.12. The van der Waals surface area contributed by atoms with Gasteiger partial charge >= 0.3 is 0 Å². The van der Waals surface area contributed by atoms with Gasteiger partial charge in [-0.2, -0.15) is 5.26 Å². The lowest BCUT2D eigenvalue weighted by Gasteiger charge is -2.14. The maximum absolute atomic E-state index is 13.3. The molecular weight excluding hydrogens is 239 g/mol. The smallest absolute Gasteiger partial charge is 0.165 e. The molecule has 1 aromatic carbocycles. The second-order valence-corrected chi connectivity index (χ2v) is 4.44. The van der Waals surface area contributed by atoms with E-state index in [9.17, 15) is 9.50 Å². The summed E-state index contributed by atoms with van der Waals surface area (Å²) in [6, 6.07) is 7.17. The molecule has 1 atom stereocenters. The van der Waals surface area contributed by atoms with Gasteiger partial charge in [0.15, 0.2) is 11.6 Å². The Morgan fingerprint density at radius 1 is 1.41 bits per heavy atom. The minimum Gasteiger partial charge on any atom is -0.505 e. The van der Waals surface area contributed by atoms with Crippen molar-refractivity contribution >= 4 is 11.3 Å². The lowest BCUT2D eigenvalue weighted by atomic mass is 9.99. The SMILES string of the molecule is N#Cc1ccc(F)c(O)c1[C@H](N)c1cccs1. The fraction of sp³-hybridized carbons (Fsp3) is 0.0833. The molecule has 2 aromatic rings. The molecule has 0 aliphatic heterocycles. The Morgan fingerprint density at radius 2 is 2.18 bits per heavy atom. The molecule has 0 fully saturated rings. The number of rotatable bonds is 2. The number of nitriles is 1. The molecule has 17 heavy (non-hydrogen) atoms. The van der Waals surface area contributed by atoms with Crippen molar-refractivity contribution in [3.05, 3.63) is 51.5 Å². The van der Waals surface area contributed by atoms with E-state index in [1.165, 1.54) is 17.4 Å². The molecule has 0 saturated heterocycles. The maximum Gasteiger partial charge on any atom is 0.165 e. The highest BCUT2D eigenvalue weighted by Gasteiger charge is 2.21. The van der Waals surface area contributed by atoms with Gasteiger partial charge in [0.2, 0.25) is 0 Å². The van der Waals surface area contributed by atoms with Crippen LogP contribution >= 0.6 is 11.3 Å². The number of aromatic hydroxyl groups is 1. The molecule has 1 aromatic heterocycles. The van der Waals surface area contributed by atoms with Crippen LogP contribution in [0.1, 0.15) is 22.0 Å². The third kappa shape index (κ3) is 2.00. The standard InChI is InChI=1S/C12H9FN2OS/c13-8-4-3-7(6-14)10(12(8)16)11(15)9-2-1-5-17-9/h1-5,11,16H,15H2/t11-/m1/s1. The minimum absolute atomic E-state index is 0.134. The first kappa shape index (κ1) is 11.6. The van der Waals surface area contributed by atoms with E-state index < -0.39 is 17.6 Å². The zero-order valence-electron chi connectivity index (χ0n) is 8.72. The number of thiophene rings is 1. The molecule has 0 saturated carbocycles. The van der Waals surface area contributed by atoms with Gasteiger partial charge in [-0.3, -0.25) is 0 Å². The van der Waals surface area contributed by atoms with Crippen molar-refractivity contribution < 1.29 is 9.50 Å². The second-order valence-electron chi connectivity index (χ2n) is 3.46. The van der Waals surface area contributed by atoms with Gasteiger partial charge in [-0.25, -0.2) is 4.39 Å². The highest BCUT2D eigenvalue weighted by molar-refractivity contribution is 7.10. The summed E-state index contributed by atoms with van der Waals surface area (Å²) < 4.78 is 13.3. The van der Waals surface area contributed by atoms with Crippen LogP contribution in [0.4, 0.5) is 4.39 Å². The summed E-state index contributed by atoms with van der Waals surface area (Å²) in [6.07, 6.45) is 0. The van der Waals surface area contributed by atoms with E-state index in [1.54, 1.807) is 6.07 Å². The zero-order chi connectivity index (χ0) is 12.4. The Hall–Kier alpha value is -1.90. The summed E-state index contributed by atoms with van der Waals surface area (Å²) in [5.41, 5.74) is 6.26. The number of phenolic OH excluding ortho intramolecular Hbond substituents is 1. The number of hydrogen-bond donors (Lipinski definition) is 2. The summed E-state index contributed by atoms with van der Waals surface area (Å²) in [7, 11) is 0. The van der Waals surface area contributed by atoms with Gasteiger partial charge in [-0.15, -0.1) is 11.3 Å². The summed E-state index contributed by atoms with van der Waals surface area (Å²) in [5.74, 6) is -1.32. The average molecular weight is 248 g/mol. The van der Waals surface area contributed by atoms with E-state index in [2.05, 4.69) is 0 Å². The first-order valence-electron chi connectivity index (χ1n) is 4.85. The highest BCUT2D eigenvalue weighted by atomic mass is 32.1. The number of phenols is 1. The Bertz CT molecular complexity index is 575. The zero-order valence-corrected chi connectivity index (χ0v) is 9.54. The van der Waals surface area contributed by atoms with Crippen molar-refractivity contribution in [3.63, 3.8) is 0 Å². The Balaban J connectivity index is 2.58. The molecule has 1 heterocycles. The molecule has 0 radical (unpaired) electrons. The molecule has 0 unspecified atom stereocenters. The van der Waals surface area contributed by atoms with Crippen molar-refractivity contribution in [2.45, 2.75) is 6.04 Å². The monoisotopic (exact) mass is 248 g/mol. The van der Waals surface area contributed by atoms with Gasteiger partial charge in [-0.05, 0) is 23.6 Å². The molecule has 3 N–H and O–H groups in total. The van der Waals surface area contributed by atoms with E-state index >= 15 is 0 Å². The Labute approximate surface area is 102 Å². The Kier molecular flexibility index (Phi) is 3.09. The van der Waals surface area contributed by atoms with Gasteiger partial charge in [0.05, 0.1) is 17.7 Å². The first-order valence-corrected chi connectivity index (χ1v) is 5.73. The molecular formula is C12H9FN2OS. The van der Waals surface area contributed by atoms with E-state index in [4.69, 9.17) is 11.0 Å². The summed E-state index contributed by atoms with van der Waals surface area (Å²) >= 11 is 1.39. The highest BCUT2D eigenvalue weighted by Crippen LogP contribution is 2.34. The normalized spacial score (nSPS) is 12.1. The molecule has 0 aliphatic rings. The van der Waals surface area contributed by atoms with E-state index in [0.717, 1.165) is 10.9 Å². The average Bonchev–Trinajstić information content (AvgIpc) is 2.85. The van der Waals surface area contributed by atoms with Crippen LogP contribution in [0, 0.1) is 17.1 Å². The number of nitrogens with two attached hydrogens (primary N) is 1. The van der Waals surface area contributed by atoms with Crippen molar-refractivity contribution in [1.82, 2.24) is 0 Å². The molecule has 0 spiro atoms. The predicted molar refractivity (Wildman–Crippen MR) is 63.1 cm³/mol. The fourth-order valence-electron chi connectivity index (χ4n) is 1.60. The van der Waals surface area contributed by atoms with Crippen LogP contribution in [-0.4, -0.2) is 5.11 Å². The summed E-state index contributed by atoms with van der Waals surface area (Å²) in [6.45, 7) is 0. The van der Waals surface area contributed by atoms with Crippen molar-refractivity contribution in [3.8, 4) is 11.8 Å². The van der Waals surface area contributed by atoms with Crippen LogP contribution in [0.3, 0.4) is 0 Å². The maximum atomic E-state index is 13.3. The largest absolute Gasteiger partial charge is 0.505 e. The predicted octanol–water partition coefficient (Wildman–Crippen LogP) is 2.51. The summed E-state index contributed by atoms with van der Waals surface area (Å²) in [4.78, 5) is 0.766. The quantitative estimate of drug-likeness (QED) is 0.857. The van der Waals surface area contributed by atoms with E-state index in [-0.39, 0.29) is 11.1 Å². The van der Waals surface area contributed by atoms with E-state index in [0.29, 0.717) is 0 Å². The van der Waals surface area contributed by atoms with Crippen molar-refractivity contribution in [1.29, 1.82) is 5.26 Å². The topological polar surface area (TPSA) is 70.0 Å². The third-order valence-corrected chi connectivity index (χ3v) is 3.40. The lowest BCUT2D eigenvalue weighted by molar-refractivity contribution is 0.423. The van der Waals surface area contributed by atoms with Crippen LogP contribution in [-0.2, 0) is 0 Å². The number of benzene rings is 1. The van der Waals surface area contributed by atoms with Gasteiger partial charge in [0.25, 0.3) is 0 Å². The van der Waals surface area contributed by atoms with Gasteiger partial charge in [-0.1, -0.05) is 6.07 Å². The van der Waals surface area contributed by atoms with Crippen LogP contribution < -0.4 is 5.73 Å². The number of hydrogen-bond acceptors (Lipinski definition) is 4. The number of nitrogens with zero attached hydrogens (tertiary/aromatic N) is 1. The fourth-order valence-corrected chi connectivity index (χ4v) is 2.34. The van der Waals surface area contributed by atoms with Crippen LogP contribution in [0.15, 0.2) is 29.6 Å². The molecule has 86 valence electrons. The molecule has 0 bridgehead atoms. The summed E-state index contributed by atoms with van der Waals surface area (Å²) in [5, 5.41) is 20.5. The van der Waals surface area contributed by atoms with Gasteiger partial charge in [0, 0.05) is 10.4 Å². The van der Waals surface area contributed by atoms with E-state index in [1.807, 2.05) is 17.5 Å². The Morgan fingerprint density at radius 3 is 2.76 bits per heavy atom. The molecule has 2 rings (SSSR count). The van der Waals surface area contributed by atoms with Crippen LogP contribution in [0.5, 0.6) is 5.75 Å². The number of halogens is 1. The first-order chi connectivity index (χ1) is 8.15. The van der Waals surface area contributed by atoms with Crippen LogP contribution in [0.2, 0.25) is 0 Å². The minimum atomic E-state index is -0.772. The van der Waals surface area contributed by atoms with Crippen LogP contribution in [0.25, 0.3) is 0 Å². The van der Waals surface area contributed by atoms with Crippen molar-refractivity contribution in [2.75, 3.05) is 0 Å². The molecule has 3 nitrogen and oxygen atoms in total. The molecule has 0 aliphatic carbocycles. The van der Waals surface area contributed by atoms with Crippen molar-refractivity contribution in [2.24, 2.45) is 5.73 Å².